The summed E-state index contributed by atoms with van der Waals surface area (Å²) in [5.41, 5.74) is 10.9. The third kappa shape index (κ3) is 2.14. The summed E-state index contributed by atoms with van der Waals surface area (Å²) in [6.45, 7) is 5.82. The van der Waals surface area contributed by atoms with Gasteiger partial charge >= 0.3 is 0 Å². The van der Waals surface area contributed by atoms with Crippen LogP contribution in [0.3, 0.4) is 0 Å². The van der Waals surface area contributed by atoms with E-state index in [-0.39, 0.29) is 0 Å². The molecule has 0 unspecified atom stereocenters. The summed E-state index contributed by atoms with van der Waals surface area (Å²) in [6, 6.07) is 16.6. The fourth-order valence-corrected chi connectivity index (χ4v) is 1.70. The molecular weight excluding hydrogens is 194 g/mol. The molecule has 0 bridgehead atoms. The van der Waals surface area contributed by atoms with E-state index in [0.29, 0.717) is 5.70 Å². The molecule has 2 N–H and O–H groups in total. The van der Waals surface area contributed by atoms with Crippen LogP contribution in [0.25, 0.3) is 16.8 Å². The summed E-state index contributed by atoms with van der Waals surface area (Å²) >= 11 is 0. The summed E-state index contributed by atoms with van der Waals surface area (Å²) < 4.78 is 0. The van der Waals surface area contributed by atoms with E-state index in [9.17, 15) is 0 Å². The first kappa shape index (κ1) is 10.5. The van der Waals surface area contributed by atoms with Gasteiger partial charge in [0.2, 0.25) is 0 Å². The van der Waals surface area contributed by atoms with Crippen LogP contribution < -0.4 is 5.73 Å². The van der Waals surface area contributed by atoms with Crippen molar-refractivity contribution >= 4 is 5.70 Å². The molecule has 16 heavy (non-hydrogen) atoms. The minimum absolute atomic E-state index is 0.607. The lowest BCUT2D eigenvalue weighted by Crippen LogP contribution is -1.93. The summed E-state index contributed by atoms with van der Waals surface area (Å²) in [7, 11) is 0. The van der Waals surface area contributed by atoms with Gasteiger partial charge in [0.05, 0.1) is 0 Å². The molecule has 0 radical (unpaired) electrons. The average molecular weight is 209 g/mol. The van der Waals surface area contributed by atoms with Gasteiger partial charge in [-0.3, -0.25) is 0 Å². The number of nitrogens with two attached hydrogens (primary N) is 1. The number of hydrogen-bond acceptors (Lipinski definition) is 1. The second kappa shape index (κ2) is 4.23. The van der Waals surface area contributed by atoms with E-state index in [1.807, 2.05) is 12.1 Å². The van der Waals surface area contributed by atoms with E-state index in [1.165, 1.54) is 16.7 Å². The van der Waals surface area contributed by atoms with Crippen molar-refractivity contribution < 1.29 is 0 Å². The number of hydrogen-bond donors (Lipinski definition) is 1. The molecule has 0 heterocycles. The maximum atomic E-state index is 5.63. The number of rotatable bonds is 2. The molecule has 0 saturated heterocycles. The van der Waals surface area contributed by atoms with Crippen molar-refractivity contribution in [2.24, 2.45) is 5.73 Å². The van der Waals surface area contributed by atoms with Crippen LogP contribution in [0.4, 0.5) is 0 Å². The van der Waals surface area contributed by atoms with Gasteiger partial charge in [-0.1, -0.05) is 60.7 Å². The second-order valence-electron chi connectivity index (χ2n) is 3.97. The topological polar surface area (TPSA) is 26.0 Å². The van der Waals surface area contributed by atoms with Crippen LogP contribution in [-0.4, -0.2) is 0 Å². The van der Waals surface area contributed by atoms with Crippen molar-refractivity contribution in [1.82, 2.24) is 0 Å². The van der Waals surface area contributed by atoms with Gasteiger partial charge in [0.25, 0.3) is 0 Å². The molecule has 0 fully saturated rings. The summed E-state index contributed by atoms with van der Waals surface area (Å²) in [4.78, 5) is 0. The third-order valence-corrected chi connectivity index (χ3v) is 2.61. The largest absolute Gasteiger partial charge is 0.399 e. The fourth-order valence-electron chi connectivity index (χ4n) is 1.70. The second-order valence-corrected chi connectivity index (χ2v) is 3.97. The van der Waals surface area contributed by atoms with Crippen LogP contribution in [0, 0.1) is 6.92 Å². The molecule has 0 saturated carbocycles. The Labute approximate surface area is 96.2 Å². The Morgan fingerprint density at radius 2 is 1.69 bits per heavy atom. The van der Waals surface area contributed by atoms with Crippen LogP contribution >= 0.6 is 0 Å². The van der Waals surface area contributed by atoms with Gasteiger partial charge in [-0.2, -0.15) is 0 Å². The normalized spacial score (nSPS) is 10.1. The number of benzene rings is 2. The molecule has 0 aromatic heterocycles. The molecule has 1 nitrogen and oxygen atoms in total. The van der Waals surface area contributed by atoms with Crippen LogP contribution in [-0.2, 0) is 0 Å². The molecule has 0 aliphatic heterocycles. The van der Waals surface area contributed by atoms with E-state index >= 15 is 0 Å². The van der Waals surface area contributed by atoms with Gasteiger partial charge in [0.15, 0.2) is 0 Å². The molecule has 0 aliphatic carbocycles. The Morgan fingerprint density at radius 1 is 1.00 bits per heavy atom. The van der Waals surface area contributed by atoms with Crippen molar-refractivity contribution in [2.75, 3.05) is 0 Å². The molecule has 0 atom stereocenters. The van der Waals surface area contributed by atoms with Crippen LogP contribution in [0.15, 0.2) is 55.1 Å². The van der Waals surface area contributed by atoms with Gasteiger partial charge in [0, 0.05) is 5.70 Å². The molecule has 80 valence electrons. The highest BCUT2D eigenvalue weighted by molar-refractivity contribution is 5.68. The van der Waals surface area contributed by atoms with Gasteiger partial charge < -0.3 is 5.73 Å². The van der Waals surface area contributed by atoms with E-state index in [4.69, 9.17) is 5.73 Å². The Bertz CT molecular complexity index is 509. The van der Waals surface area contributed by atoms with Crippen molar-refractivity contribution in [3.8, 4) is 11.1 Å². The highest BCUT2D eigenvalue weighted by Crippen LogP contribution is 2.21. The van der Waals surface area contributed by atoms with E-state index in [1.54, 1.807) is 0 Å². The van der Waals surface area contributed by atoms with Crippen molar-refractivity contribution in [3.05, 3.63) is 66.2 Å². The maximum Gasteiger partial charge on any atom is 0.0314 e. The first-order valence-corrected chi connectivity index (χ1v) is 5.28. The molecule has 2 aromatic carbocycles. The van der Waals surface area contributed by atoms with Crippen LogP contribution in [0.1, 0.15) is 11.1 Å². The van der Waals surface area contributed by atoms with Crippen molar-refractivity contribution in [2.45, 2.75) is 6.92 Å². The predicted molar refractivity (Wildman–Crippen MR) is 69.8 cm³/mol. The Balaban J connectivity index is 2.38. The molecule has 0 amide bonds. The van der Waals surface area contributed by atoms with Crippen LogP contribution in [0.5, 0.6) is 0 Å². The summed E-state index contributed by atoms with van der Waals surface area (Å²) in [5, 5.41) is 0. The zero-order valence-electron chi connectivity index (χ0n) is 9.40. The Kier molecular flexibility index (Phi) is 2.78. The smallest absolute Gasteiger partial charge is 0.0314 e. The van der Waals surface area contributed by atoms with Crippen molar-refractivity contribution in [3.63, 3.8) is 0 Å². The molecular formula is C15H15N. The van der Waals surface area contributed by atoms with Gasteiger partial charge in [-0.05, 0) is 23.6 Å². The van der Waals surface area contributed by atoms with Gasteiger partial charge in [0.1, 0.15) is 0 Å². The SMILES string of the molecule is C=C(N)c1ccc(-c2cccc(C)c2)cc1. The standard InChI is InChI=1S/C15H15N/c1-11-4-3-5-15(10-11)14-8-6-13(7-9-14)12(2)16/h3-10H,2,16H2,1H3. The highest BCUT2D eigenvalue weighted by Gasteiger charge is 1.98. The zero-order chi connectivity index (χ0) is 11.5. The number of aryl methyl sites for hydroxylation is 1. The Hall–Kier alpha value is -2.02. The lowest BCUT2D eigenvalue weighted by molar-refractivity contribution is 1.46. The monoisotopic (exact) mass is 209 g/mol. The average Bonchev–Trinajstić information content (AvgIpc) is 2.29. The molecule has 2 aromatic rings. The third-order valence-electron chi connectivity index (χ3n) is 2.61. The summed E-state index contributed by atoms with van der Waals surface area (Å²) in [5.74, 6) is 0. The minimum Gasteiger partial charge on any atom is -0.399 e. The minimum atomic E-state index is 0.607. The fraction of sp³-hybridized carbons (Fsp3) is 0.0667. The maximum absolute atomic E-state index is 5.63. The van der Waals surface area contributed by atoms with E-state index < -0.39 is 0 Å². The lowest BCUT2D eigenvalue weighted by atomic mass is 10.0. The molecule has 1 heteroatoms. The molecule has 0 spiro atoms. The van der Waals surface area contributed by atoms with Gasteiger partial charge in [-0.15, -0.1) is 0 Å². The quantitative estimate of drug-likeness (QED) is 0.803. The zero-order valence-corrected chi connectivity index (χ0v) is 9.40. The predicted octanol–water partition coefficient (Wildman–Crippen LogP) is 3.59. The van der Waals surface area contributed by atoms with E-state index in [2.05, 4.69) is 49.9 Å². The highest BCUT2D eigenvalue weighted by atomic mass is 14.6. The lowest BCUT2D eigenvalue weighted by Gasteiger charge is -2.04. The van der Waals surface area contributed by atoms with Gasteiger partial charge in [-0.25, -0.2) is 0 Å². The first-order chi connectivity index (χ1) is 7.66. The first-order valence-electron chi connectivity index (χ1n) is 5.28. The van der Waals surface area contributed by atoms with Crippen LogP contribution in [0.2, 0.25) is 0 Å². The molecule has 0 aliphatic rings. The molecule has 2 rings (SSSR count). The Morgan fingerprint density at radius 3 is 2.25 bits per heavy atom. The summed E-state index contributed by atoms with van der Waals surface area (Å²) in [6.07, 6.45) is 0. The van der Waals surface area contributed by atoms with Crippen molar-refractivity contribution in [1.29, 1.82) is 0 Å². The van der Waals surface area contributed by atoms with E-state index in [0.717, 1.165) is 5.56 Å².